The molecule has 474 valence electrons. The van der Waals surface area contributed by atoms with Crippen molar-refractivity contribution in [2.75, 3.05) is 13.2 Å². The second-order valence-corrected chi connectivity index (χ2v) is 25.3. The van der Waals surface area contributed by atoms with Gasteiger partial charge in [-0.3, -0.25) is 9.59 Å². The smallest absolute Gasteiger partial charge is 0.305 e. The molecule has 0 aromatic heterocycles. The summed E-state index contributed by atoms with van der Waals surface area (Å²) in [5.74, 6) is -0.0228. The lowest BCUT2D eigenvalue weighted by molar-refractivity contribution is -0.143. The first-order chi connectivity index (χ1) is 39.5. The highest BCUT2D eigenvalue weighted by Gasteiger charge is 2.20. The summed E-state index contributed by atoms with van der Waals surface area (Å²) < 4.78 is 5.48. The van der Waals surface area contributed by atoms with Crippen LogP contribution < -0.4 is 5.32 Å². The Balaban J connectivity index is 3.35. The minimum absolute atomic E-state index is 0.00419. The van der Waals surface area contributed by atoms with Crippen LogP contribution >= 0.6 is 0 Å². The highest BCUT2D eigenvalue weighted by atomic mass is 16.5. The van der Waals surface area contributed by atoms with Gasteiger partial charge in [0.2, 0.25) is 5.91 Å². The number of hydrogen-bond donors (Lipinski definition) is 3. The van der Waals surface area contributed by atoms with E-state index >= 15 is 0 Å². The van der Waals surface area contributed by atoms with Gasteiger partial charge in [0, 0.05) is 12.8 Å². The standard InChI is InChI=1S/C74H143NO5/c1-3-5-7-9-11-13-15-17-18-19-20-21-30-33-36-39-43-46-50-54-58-62-66-72(77)71(70-76)75-73(78)67-63-59-55-51-47-44-40-37-34-31-28-26-24-22-23-25-27-29-32-35-38-41-45-49-53-57-61-65-69-80-74(79)68-64-60-56-52-48-42-16-14-12-10-8-6-4-2/h8,10,14,16,71-72,76-77H,3-7,9,11-13,15,17-70H2,1-2H3,(H,75,78)/b10-8-,16-14-. The molecular formula is C74H143NO5. The molecule has 6 nitrogen and oxygen atoms in total. The number of esters is 1. The number of hydrogen-bond acceptors (Lipinski definition) is 5. The average molecular weight is 1130 g/mol. The van der Waals surface area contributed by atoms with Crippen LogP contribution in [-0.2, 0) is 14.3 Å². The Morgan fingerprint density at radius 1 is 0.350 bits per heavy atom. The van der Waals surface area contributed by atoms with Crippen LogP contribution in [0.4, 0.5) is 0 Å². The molecule has 0 heterocycles. The molecule has 0 rings (SSSR count). The lowest BCUT2D eigenvalue weighted by Gasteiger charge is -2.22. The van der Waals surface area contributed by atoms with Crippen molar-refractivity contribution in [2.45, 2.75) is 424 Å². The van der Waals surface area contributed by atoms with Gasteiger partial charge in [-0.25, -0.2) is 0 Å². The summed E-state index contributed by atoms with van der Waals surface area (Å²) in [7, 11) is 0. The van der Waals surface area contributed by atoms with E-state index in [4.69, 9.17) is 4.74 Å². The van der Waals surface area contributed by atoms with Crippen molar-refractivity contribution in [1.29, 1.82) is 0 Å². The summed E-state index contributed by atoms with van der Waals surface area (Å²) in [6.45, 7) is 4.93. The second kappa shape index (κ2) is 69.8. The Bertz CT molecular complexity index is 1250. The third-order valence-corrected chi connectivity index (χ3v) is 17.2. The number of rotatable bonds is 69. The van der Waals surface area contributed by atoms with Crippen molar-refractivity contribution in [3.63, 3.8) is 0 Å². The van der Waals surface area contributed by atoms with Gasteiger partial charge in [0.1, 0.15) is 0 Å². The highest BCUT2D eigenvalue weighted by Crippen LogP contribution is 2.20. The van der Waals surface area contributed by atoms with E-state index in [1.165, 1.54) is 327 Å². The van der Waals surface area contributed by atoms with Gasteiger partial charge in [0.15, 0.2) is 0 Å². The topological polar surface area (TPSA) is 95.9 Å². The molecule has 0 aliphatic carbocycles. The fourth-order valence-corrected chi connectivity index (χ4v) is 11.7. The molecule has 0 aromatic carbocycles. The van der Waals surface area contributed by atoms with E-state index in [2.05, 4.69) is 43.5 Å². The minimum atomic E-state index is -0.663. The normalized spacial score (nSPS) is 12.6. The summed E-state index contributed by atoms with van der Waals surface area (Å²) in [5.41, 5.74) is 0. The molecule has 0 aliphatic heterocycles. The first-order valence-corrected chi connectivity index (χ1v) is 36.6. The van der Waals surface area contributed by atoms with Gasteiger partial charge in [-0.1, -0.05) is 372 Å². The van der Waals surface area contributed by atoms with Crippen molar-refractivity contribution in [3.8, 4) is 0 Å². The second-order valence-electron chi connectivity index (χ2n) is 25.3. The largest absolute Gasteiger partial charge is 0.466 e. The lowest BCUT2D eigenvalue weighted by atomic mass is 10.0. The molecule has 0 fully saturated rings. The number of carbonyl (C=O) groups is 2. The Morgan fingerprint density at radius 2 is 0.650 bits per heavy atom. The molecule has 0 aromatic rings. The SMILES string of the molecule is CCC/C=C\C/C=C\CCCCCCCC(=O)OCCCCCCCCCCCCCCCCCCCCCCCCCCCCCCC(=O)NC(CO)C(O)CCCCCCCCCCCCCCCCCCCCCCCC. The zero-order valence-electron chi connectivity index (χ0n) is 54.3. The van der Waals surface area contributed by atoms with Crippen molar-refractivity contribution >= 4 is 11.9 Å². The van der Waals surface area contributed by atoms with Gasteiger partial charge in [-0.2, -0.15) is 0 Å². The van der Waals surface area contributed by atoms with E-state index in [1.807, 2.05) is 0 Å². The molecule has 6 heteroatoms. The third kappa shape index (κ3) is 65.5. The third-order valence-electron chi connectivity index (χ3n) is 17.2. The summed E-state index contributed by atoms with van der Waals surface area (Å²) >= 11 is 0. The molecular weight excluding hydrogens is 983 g/mol. The van der Waals surface area contributed by atoms with Crippen molar-refractivity contribution < 1.29 is 24.5 Å². The van der Waals surface area contributed by atoms with Crippen LogP contribution in [0.2, 0.25) is 0 Å². The first kappa shape index (κ1) is 78.3. The van der Waals surface area contributed by atoms with E-state index in [9.17, 15) is 19.8 Å². The minimum Gasteiger partial charge on any atom is -0.466 e. The number of nitrogens with one attached hydrogen (secondary N) is 1. The summed E-state index contributed by atoms with van der Waals surface area (Å²) in [4.78, 5) is 24.6. The monoisotopic (exact) mass is 1130 g/mol. The van der Waals surface area contributed by atoms with Crippen LogP contribution in [0.3, 0.4) is 0 Å². The molecule has 0 spiro atoms. The number of ether oxygens (including phenoxy) is 1. The van der Waals surface area contributed by atoms with Crippen molar-refractivity contribution in [2.24, 2.45) is 0 Å². The van der Waals surface area contributed by atoms with Gasteiger partial charge in [0.25, 0.3) is 0 Å². The van der Waals surface area contributed by atoms with Crippen molar-refractivity contribution in [1.82, 2.24) is 5.32 Å². The van der Waals surface area contributed by atoms with E-state index in [0.717, 1.165) is 51.4 Å². The first-order valence-electron chi connectivity index (χ1n) is 36.6. The molecule has 0 saturated heterocycles. The predicted octanol–water partition coefficient (Wildman–Crippen LogP) is 23.7. The summed E-state index contributed by atoms with van der Waals surface area (Å²) in [6, 6.07) is -0.540. The van der Waals surface area contributed by atoms with Crippen LogP contribution in [0.1, 0.15) is 412 Å². The molecule has 80 heavy (non-hydrogen) atoms. The zero-order chi connectivity index (χ0) is 57.8. The molecule has 0 bridgehead atoms. The predicted molar refractivity (Wildman–Crippen MR) is 352 cm³/mol. The van der Waals surface area contributed by atoms with Gasteiger partial charge >= 0.3 is 5.97 Å². The zero-order valence-corrected chi connectivity index (χ0v) is 54.3. The molecule has 0 radical (unpaired) electrons. The van der Waals surface area contributed by atoms with Crippen molar-refractivity contribution in [3.05, 3.63) is 24.3 Å². The average Bonchev–Trinajstić information content (AvgIpc) is 3.46. The number of aliphatic hydroxyl groups excluding tert-OH is 2. The maximum absolute atomic E-state index is 12.6. The van der Waals surface area contributed by atoms with Gasteiger partial charge in [-0.05, 0) is 51.4 Å². The Kier molecular flexibility index (Phi) is 68.4. The molecule has 3 N–H and O–H groups in total. The summed E-state index contributed by atoms with van der Waals surface area (Å²) in [5, 5.41) is 23.4. The van der Waals surface area contributed by atoms with Crippen LogP contribution in [0, 0.1) is 0 Å². The lowest BCUT2D eigenvalue weighted by Crippen LogP contribution is -2.45. The van der Waals surface area contributed by atoms with Gasteiger partial charge in [-0.15, -0.1) is 0 Å². The molecule has 0 aliphatic rings. The molecule has 2 unspecified atom stereocenters. The molecule has 0 saturated carbocycles. The number of allylic oxidation sites excluding steroid dienone is 4. The Morgan fingerprint density at radius 3 is 1.00 bits per heavy atom. The number of amides is 1. The maximum atomic E-state index is 12.6. The van der Waals surface area contributed by atoms with Gasteiger partial charge in [0.05, 0.1) is 25.4 Å². The number of carbonyl (C=O) groups excluding carboxylic acids is 2. The molecule has 1 amide bonds. The van der Waals surface area contributed by atoms with Crippen LogP contribution in [0.5, 0.6) is 0 Å². The van der Waals surface area contributed by atoms with E-state index in [0.29, 0.717) is 25.9 Å². The van der Waals surface area contributed by atoms with E-state index in [-0.39, 0.29) is 18.5 Å². The highest BCUT2D eigenvalue weighted by molar-refractivity contribution is 5.76. The summed E-state index contributed by atoms with van der Waals surface area (Å²) in [6.07, 6.45) is 88.1. The number of unbranched alkanes of at least 4 members (excludes halogenated alkanes) is 54. The Hall–Kier alpha value is -1.66. The van der Waals surface area contributed by atoms with Crippen LogP contribution in [0.25, 0.3) is 0 Å². The van der Waals surface area contributed by atoms with E-state index in [1.54, 1.807) is 0 Å². The molecule has 2 atom stereocenters. The van der Waals surface area contributed by atoms with Crippen LogP contribution in [0.15, 0.2) is 24.3 Å². The van der Waals surface area contributed by atoms with Gasteiger partial charge < -0.3 is 20.3 Å². The maximum Gasteiger partial charge on any atom is 0.305 e. The Labute approximate surface area is 501 Å². The van der Waals surface area contributed by atoms with E-state index < -0.39 is 12.1 Å². The fraction of sp³-hybridized carbons (Fsp3) is 0.919. The quantitative estimate of drug-likeness (QED) is 0.0320. The number of aliphatic hydroxyl groups is 2. The van der Waals surface area contributed by atoms with Crippen LogP contribution in [-0.4, -0.2) is 47.4 Å². The fourth-order valence-electron chi connectivity index (χ4n) is 11.7.